The van der Waals surface area contributed by atoms with Crippen molar-refractivity contribution in [2.45, 2.75) is 33.2 Å². The Hall–Kier alpha value is -2.13. The highest BCUT2D eigenvalue weighted by Gasteiger charge is 2.25. The molecule has 3 nitrogen and oxygen atoms in total. The lowest BCUT2D eigenvalue weighted by Gasteiger charge is -2.32. The van der Waals surface area contributed by atoms with Crippen molar-refractivity contribution in [1.29, 1.82) is 0 Å². The number of anilines is 1. The second-order valence-electron chi connectivity index (χ2n) is 6.93. The van der Waals surface area contributed by atoms with Gasteiger partial charge in [0, 0.05) is 18.8 Å². The van der Waals surface area contributed by atoms with Crippen LogP contribution in [0.15, 0.2) is 48.5 Å². The number of hydrogen-bond acceptors (Lipinski definition) is 2. The smallest absolute Gasteiger partial charge is 0.228 e. The molecular weight excluding hydrogens is 296 g/mol. The minimum Gasteiger partial charge on any atom is -0.326 e. The molecule has 1 N–H and O–H groups in total. The van der Waals surface area contributed by atoms with E-state index >= 15 is 0 Å². The summed E-state index contributed by atoms with van der Waals surface area (Å²) in [6, 6.07) is 16.7. The number of carbonyl (C=O) groups is 1. The zero-order valence-electron chi connectivity index (χ0n) is 14.6. The van der Waals surface area contributed by atoms with Crippen molar-refractivity contribution >= 4 is 11.6 Å². The average Bonchev–Trinajstić information content (AvgIpc) is 2.55. The zero-order valence-corrected chi connectivity index (χ0v) is 14.6. The van der Waals surface area contributed by atoms with Crippen LogP contribution in [0.5, 0.6) is 0 Å². The lowest BCUT2D eigenvalue weighted by atomic mass is 9.96. The second-order valence-corrected chi connectivity index (χ2v) is 6.93. The molecule has 2 aromatic rings. The van der Waals surface area contributed by atoms with Gasteiger partial charge in [-0.25, -0.2) is 0 Å². The maximum Gasteiger partial charge on any atom is 0.228 e. The topological polar surface area (TPSA) is 32.3 Å². The summed E-state index contributed by atoms with van der Waals surface area (Å²) < 4.78 is 0. The molecule has 126 valence electrons. The van der Waals surface area contributed by atoms with Gasteiger partial charge in [-0.15, -0.1) is 0 Å². The maximum atomic E-state index is 12.7. The highest BCUT2D eigenvalue weighted by atomic mass is 16.1. The van der Waals surface area contributed by atoms with Crippen molar-refractivity contribution in [3.05, 3.63) is 65.2 Å². The molecule has 0 bridgehead atoms. The molecular formula is C21H26N2O. The van der Waals surface area contributed by atoms with Crippen LogP contribution in [0.1, 0.15) is 29.5 Å². The van der Waals surface area contributed by atoms with Crippen molar-refractivity contribution < 1.29 is 4.79 Å². The highest BCUT2D eigenvalue weighted by Crippen LogP contribution is 2.21. The monoisotopic (exact) mass is 322 g/mol. The molecule has 1 atom stereocenters. The van der Waals surface area contributed by atoms with Crippen LogP contribution < -0.4 is 5.32 Å². The van der Waals surface area contributed by atoms with Gasteiger partial charge in [0.1, 0.15) is 0 Å². The summed E-state index contributed by atoms with van der Waals surface area (Å²) in [5, 5.41) is 3.11. The summed E-state index contributed by atoms with van der Waals surface area (Å²) in [5.74, 6) is 0.223. The van der Waals surface area contributed by atoms with Gasteiger partial charge < -0.3 is 5.32 Å². The quantitative estimate of drug-likeness (QED) is 0.917. The Labute approximate surface area is 144 Å². The number of benzene rings is 2. The van der Waals surface area contributed by atoms with Gasteiger partial charge in [0.25, 0.3) is 0 Å². The van der Waals surface area contributed by atoms with E-state index in [4.69, 9.17) is 0 Å². The van der Waals surface area contributed by atoms with Gasteiger partial charge in [-0.2, -0.15) is 0 Å². The Kier molecular flexibility index (Phi) is 5.31. The SMILES string of the molecule is Cc1cc(C)cc(NC(=O)[C@H]2CCCN(Cc3ccccc3)C2)c1. The van der Waals surface area contributed by atoms with E-state index in [1.54, 1.807) is 0 Å². The summed E-state index contributed by atoms with van der Waals surface area (Å²) in [5.41, 5.74) is 4.59. The van der Waals surface area contributed by atoms with E-state index < -0.39 is 0 Å². The molecule has 1 aliphatic heterocycles. The number of piperidine rings is 1. The molecule has 1 amide bonds. The third kappa shape index (κ3) is 4.45. The molecule has 0 radical (unpaired) electrons. The van der Waals surface area contributed by atoms with E-state index in [-0.39, 0.29) is 11.8 Å². The normalized spacial score (nSPS) is 18.3. The van der Waals surface area contributed by atoms with E-state index in [1.165, 1.54) is 16.7 Å². The first-order valence-corrected chi connectivity index (χ1v) is 8.75. The van der Waals surface area contributed by atoms with Gasteiger partial charge in [-0.1, -0.05) is 36.4 Å². The number of carbonyl (C=O) groups excluding carboxylic acids is 1. The number of nitrogens with one attached hydrogen (secondary N) is 1. The number of likely N-dealkylation sites (tertiary alicyclic amines) is 1. The molecule has 1 fully saturated rings. The van der Waals surface area contributed by atoms with E-state index in [1.807, 2.05) is 18.2 Å². The van der Waals surface area contributed by atoms with Gasteiger partial charge in [0.15, 0.2) is 0 Å². The van der Waals surface area contributed by atoms with Crippen molar-refractivity contribution in [2.24, 2.45) is 5.92 Å². The second kappa shape index (κ2) is 7.63. The van der Waals surface area contributed by atoms with Gasteiger partial charge >= 0.3 is 0 Å². The van der Waals surface area contributed by atoms with Crippen molar-refractivity contribution in [3.8, 4) is 0 Å². The first-order chi connectivity index (χ1) is 11.6. The molecule has 0 aliphatic carbocycles. The standard InChI is InChI=1S/C21H26N2O/c1-16-11-17(2)13-20(12-16)22-21(24)19-9-6-10-23(15-19)14-18-7-4-3-5-8-18/h3-5,7-8,11-13,19H,6,9-10,14-15H2,1-2H3,(H,22,24)/t19-/m0/s1. The number of rotatable bonds is 4. The third-order valence-corrected chi connectivity index (χ3v) is 4.61. The molecule has 0 saturated carbocycles. The first-order valence-electron chi connectivity index (χ1n) is 8.75. The molecule has 0 aromatic heterocycles. The average molecular weight is 322 g/mol. The fraction of sp³-hybridized carbons (Fsp3) is 0.381. The van der Waals surface area contributed by atoms with Crippen LogP contribution in [0.25, 0.3) is 0 Å². The first kappa shape index (κ1) is 16.7. The summed E-state index contributed by atoms with van der Waals surface area (Å²) in [6.45, 7) is 6.96. The van der Waals surface area contributed by atoms with Crippen LogP contribution in [0.4, 0.5) is 5.69 Å². The summed E-state index contributed by atoms with van der Waals surface area (Å²) in [7, 11) is 0. The molecule has 0 unspecified atom stereocenters. The zero-order chi connectivity index (χ0) is 16.9. The fourth-order valence-electron chi connectivity index (χ4n) is 3.55. The predicted octanol–water partition coefficient (Wildman–Crippen LogP) is 4.15. The fourth-order valence-corrected chi connectivity index (χ4v) is 3.55. The van der Waals surface area contributed by atoms with Crippen molar-refractivity contribution in [1.82, 2.24) is 4.90 Å². The van der Waals surface area contributed by atoms with E-state index in [9.17, 15) is 4.79 Å². The Balaban J connectivity index is 1.60. The third-order valence-electron chi connectivity index (χ3n) is 4.61. The molecule has 1 aliphatic rings. The van der Waals surface area contributed by atoms with Crippen LogP contribution in [0, 0.1) is 19.8 Å². The Morgan fingerprint density at radius 2 is 1.83 bits per heavy atom. The molecule has 2 aromatic carbocycles. The highest BCUT2D eigenvalue weighted by molar-refractivity contribution is 5.92. The van der Waals surface area contributed by atoms with E-state index in [0.717, 1.165) is 38.2 Å². The Bertz CT molecular complexity index is 676. The molecule has 1 saturated heterocycles. The van der Waals surface area contributed by atoms with Crippen LogP contribution >= 0.6 is 0 Å². The van der Waals surface area contributed by atoms with Crippen LogP contribution in [0.2, 0.25) is 0 Å². The van der Waals surface area contributed by atoms with Crippen LogP contribution in [0.3, 0.4) is 0 Å². The maximum absolute atomic E-state index is 12.7. The van der Waals surface area contributed by atoms with Crippen molar-refractivity contribution in [3.63, 3.8) is 0 Å². The lowest BCUT2D eigenvalue weighted by Crippen LogP contribution is -2.40. The van der Waals surface area contributed by atoms with E-state index in [0.29, 0.717) is 0 Å². The summed E-state index contributed by atoms with van der Waals surface area (Å²) >= 11 is 0. The van der Waals surface area contributed by atoms with Gasteiger partial charge in [0.2, 0.25) is 5.91 Å². The molecule has 0 spiro atoms. The molecule has 1 heterocycles. The van der Waals surface area contributed by atoms with Crippen LogP contribution in [-0.4, -0.2) is 23.9 Å². The number of nitrogens with zero attached hydrogens (tertiary/aromatic N) is 1. The summed E-state index contributed by atoms with van der Waals surface area (Å²) in [4.78, 5) is 15.0. The van der Waals surface area contributed by atoms with Gasteiger partial charge in [0.05, 0.1) is 5.92 Å². The summed E-state index contributed by atoms with van der Waals surface area (Å²) in [6.07, 6.45) is 2.06. The number of hydrogen-bond donors (Lipinski definition) is 1. The largest absolute Gasteiger partial charge is 0.326 e. The molecule has 3 heteroatoms. The van der Waals surface area contributed by atoms with Gasteiger partial charge in [-0.3, -0.25) is 9.69 Å². The molecule has 24 heavy (non-hydrogen) atoms. The lowest BCUT2D eigenvalue weighted by molar-refractivity contribution is -0.121. The predicted molar refractivity (Wildman–Crippen MR) is 99.0 cm³/mol. The minimum absolute atomic E-state index is 0.0725. The van der Waals surface area contributed by atoms with Gasteiger partial charge in [-0.05, 0) is 62.1 Å². The van der Waals surface area contributed by atoms with E-state index in [2.05, 4.69) is 54.4 Å². The Morgan fingerprint density at radius 3 is 2.54 bits per heavy atom. The van der Waals surface area contributed by atoms with Crippen LogP contribution in [-0.2, 0) is 11.3 Å². The number of aryl methyl sites for hydroxylation is 2. The number of amides is 1. The van der Waals surface area contributed by atoms with Crippen molar-refractivity contribution in [2.75, 3.05) is 18.4 Å². The Morgan fingerprint density at radius 1 is 1.12 bits per heavy atom. The minimum atomic E-state index is 0.0725. The molecule has 3 rings (SSSR count).